The van der Waals surface area contributed by atoms with E-state index >= 15 is 0 Å². The topological polar surface area (TPSA) is 0 Å². The summed E-state index contributed by atoms with van der Waals surface area (Å²) in [6.07, 6.45) is 2.38. The quantitative estimate of drug-likeness (QED) is 0.630. The fourth-order valence-corrected chi connectivity index (χ4v) is 2.14. The summed E-state index contributed by atoms with van der Waals surface area (Å²) in [6.45, 7) is 13.5. The van der Waals surface area contributed by atoms with Crippen LogP contribution in [0.25, 0.3) is 0 Å². The van der Waals surface area contributed by atoms with Gasteiger partial charge >= 0.3 is 0 Å². The standard InChI is InChI=1S/C11H22S/c1-8(2)7-11(9(3)4)12-10(5)6/h7-10H,1-6H3/b11-7-. The van der Waals surface area contributed by atoms with Crippen molar-refractivity contribution in [3.8, 4) is 0 Å². The maximum atomic E-state index is 2.38. The molecule has 12 heavy (non-hydrogen) atoms. The molecule has 0 unspecified atom stereocenters. The van der Waals surface area contributed by atoms with Gasteiger partial charge in [-0.2, -0.15) is 0 Å². The molecule has 0 saturated carbocycles. The molecular weight excluding hydrogens is 164 g/mol. The first-order valence-corrected chi connectivity index (χ1v) is 5.69. The van der Waals surface area contributed by atoms with Gasteiger partial charge in [0, 0.05) is 5.25 Å². The Hall–Kier alpha value is 0.0900. The molecule has 72 valence electrons. The Morgan fingerprint density at radius 2 is 1.50 bits per heavy atom. The van der Waals surface area contributed by atoms with Crippen molar-refractivity contribution in [2.45, 2.75) is 46.8 Å². The lowest BCUT2D eigenvalue weighted by molar-refractivity contribution is 0.768. The van der Waals surface area contributed by atoms with Gasteiger partial charge in [-0.25, -0.2) is 0 Å². The van der Waals surface area contributed by atoms with E-state index in [-0.39, 0.29) is 0 Å². The summed E-state index contributed by atoms with van der Waals surface area (Å²) in [5.41, 5.74) is 0. The van der Waals surface area contributed by atoms with Crippen LogP contribution in [0.3, 0.4) is 0 Å². The van der Waals surface area contributed by atoms with Gasteiger partial charge in [0.25, 0.3) is 0 Å². The molecule has 0 aromatic rings. The van der Waals surface area contributed by atoms with Crippen LogP contribution in [0.4, 0.5) is 0 Å². The summed E-state index contributed by atoms with van der Waals surface area (Å²) in [5, 5.41) is 0.706. The van der Waals surface area contributed by atoms with Crippen molar-refractivity contribution in [3.05, 3.63) is 11.0 Å². The molecule has 0 aliphatic heterocycles. The molecule has 0 aromatic heterocycles. The lowest BCUT2D eigenvalue weighted by atomic mass is 10.1. The molecule has 0 spiro atoms. The van der Waals surface area contributed by atoms with Crippen molar-refractivity contribution in [1.29, 1.82) is 0 Å². The van der Waals surface area contributed by atoms with E-state index in [1.165, 1.54) is 0 Å². The zero-order valence-electron chi connectivity index (χ0n) is 9.22. The highest BCUT2D eigenvalue weighted by molar-refractivity contribution is 8.03. The van der Waals surface area contributed by atoms with E-state index < -0.39 is 0 Å². The van der Waals surface area contributed by atoms with Gasteiger partial charge in [0.1, 0.15) is 0 Å². The molecule has 0 nitrogen and oxygen atoms in total. The average molecular weight is 186 g/mol. The number of hydrogen-bond donors (Lipinski definition) is 0. The van der Waals surface area contributed by atoms with E-state index in [1.807, 2.05) is 11.8 Å². The highest BCUT2D eigenvalue weighted by Gasteiger charge is 2.06. The molecule has 0 aliphatic rings. The van der Waals surface area contributed by atoms with Crippen LogP contribution in [0.2, 0.25) is 0 Å². The number of allylic oxidation sites excluding steroid dienone is 2. The smallest absolute Gasteiger partial charge is 0.00345 e. The van der Waals surface area contributed by atoms with Crippen LogP contribution >= 0.6 is 11.8 Å². The van der Waals surface area contributed by atoms with E-state index in [1.54, 1.807) is 4.91 Å². The van der Waals surface area contributed by atoms with E-state index in [0.29, 0.717) is 17.1 Å². The van der Waals surface area contributed by atoms with Crippen LogP contribution < -0.4 is 0 Å². The van der Waals surface area contributed by atoms with Crippen LogP contribution in [0, 0.1) is 11.8 Å². The van der Waals surface area contributed by atoms with Crippen LogP contribution in [0.15, 0.2) is 11.0 Å². The van der Waals surface area contributed by atoms with Crippen molar-refractivity contribution in [2.24, 2.45) is 11.8 Å². The van der Waals surface area contributed by atoms with Gasteiger partial charge in [-0.05, 0) is 16.7 Å². The van der Waals surface area contributed by atoms with Crippen molar-refractivity contribution in [2.75, 3.05) is 0 Å². The second kappa shape index (κ2) is 5.69. The summed E-state index contributed by atoms with van der Waals surface area (Å²) in [6, 6.07) is 0. The molecule has 0 fully saturated rings. The Kier molecular flexibility index (Phi) is 5.73. The van der Waals surface area contributed by atoms with Gasteiger partial charge in [0.05, 0.1) is 0 Å². The van der Waals surface area contributed by atoms with Gasteiger partial charge in [0.2, 0.25) is 0 Å². The first-order chi connectivity index (χ1) is 5.43. The first-order valence-electron chi connectivity index (χ1n) is 4.81. The minimum atomic E-state index is 0.675. The first kappa shape index (κ1) is 12.1. The summed E-state index contributed by atoms with van der Waals surface area (Å²) >= 11 is 2.00. The largest absolute Gasteiger partial charge is 0.128 e. The Bertz CT molecular complexity index is 143. The summed E-state index contributed by atoms with van der Waals surface area (Å²) < 4.78 is 0. The molecule has 1 heteroatoms. The fourth-order valence-electron chi connectivity index (χ4n) is 0.969. The molecule has 0 amide bonds. The monoisotopic (exact) mass is 186 g/mol. The van der Waals surface area contributed by atoms with Gasteiger partial charge in [-0.3, -0.25) is 0 Å². The van der Waals surface area contributed by atoms with Crippen molar-refractivity contribution in [1.82, 2.24) is 0 Å². The second-order valence-electron chi connectivity index (χ2n) is 4.13. The highest BCUT2D eigenvalue weighted by atomic mass is 32.2. The predicted molar refractivity (Wildman–Crippen MR) is 60.5 cm³/mol. The molecule has 0 aromatic carbocycles. The predicted octanol–water partition coefficient (Wildman–Crippen LogP) is 4.32. The fraction of sp³-hybridized carbons (Fsp3) is 0.818. The third-order valence-corrected chi connectivity index (χ3v) is 2.79. The summed E-state index contributed by atoms with van der Waals surface area (Å²) in [7, 11) is 0. The Morgan fingerprint density at radius 3 is 1.75 bits per heavy atom. The lowest BCUT2D eigenvalue weighted by Crippen LogP contribution is -1.97. The van der Waals surface area contributed by atoms with Gasteiger partial charge in [-0.15, -0.1) is 11.8 Å². The molecule has 0 aliphatic carbocycles. The van der Waals surface area contributed by atoms with Crippen molar-refractivity contribution in [3.63, 3.8) is 0 Å². The minimum absolute atomic E-state index is 0.675. The van der Waals surface area contributed by atoms with E-state index in [9.17, 15) is 0 Å². The normalized spacial score (nSPS) is 13.6. The zero-order valence-corrected chi connectivity index (χ0v) is 10.0. The number of rotatable bonds is 4. The van der Waals surface area contributed by atoms with E-state index in [2.05, 4.69) is 47.6 Å². The van der Waals surface area contributed by atoms with Crippen molar-refractivity contribution < 1.29 is 0 Å². The van der Waals surface area contributed by atoms with Crippen molar-refractivity contribution >= 4 is 11.8 Å². The Labute approximate surface area is 81.8 Å². The van der Waals surface area contributed by atoms with Crippen LogP contribution in [-0.2, 0) is 0 Å². The molecule has 0 heterocycles. The molecule has 0 bridgehead atoms. The summed E-state index contributed by atoms with van der Waals surface area (Å²) in [5.74, 6) is 1.36. The molecule has 0 atom stereocenters. The van der Waals surface area contributed by atoms with Gasteiger partial charge in [-0.1, -0.05) is 47.6 Å². The lowest BCUT2D eigenvalue weighted by Gasteiger charge is -2.14. The Balaban J connectivity index is 4.23. The third kappa shape index (κ3) is 5.70. The van der Waals surface area contributed by atoms with Crippen LogP contribution in [0.5, 0.6) is 0 Å². The minimum Gasteiger partial charge on any atom is -0.128 e. The zero-order chi connectivity index (χ0) is 9.72. The van der Waals surface area contributed by atoms with Gasteiger partial charge < -0.3 is 0 Å². The number of thioether (sulfide) groups is 1. The SMILES string of the molecule is CC(C)/C=C(\SC(C)C)C(C)C. The highest BCUT2D eigenvalue weighted by Crippen LogP contribution is 2.28. The second-order valence-corrected chi connectivity index (χ2v) is 5.78. The maximum Gasteiger partial charge on any atom is 0.00345 e. The molecule has 0 rings (SSSR count). The van der Waals surface area contributed by atoms with E-state index in [4.69, 9.17) is 0 Å². The molecule has 0 saturated heterocycles. The number of hydrogen-bond acceptors (Lipinski definition) is 1. The summed E-state index contributed by atoms with van der Waals surface area (Å²) in [4.78, 5) is 1.54. The van der Waals surface area contributed by atoms with Crippen LogP contribution in [0.1, 0.15) is 41.5 Å². The van der Waals surface area contributed by atoms with E-state index in [0.717, 1.165) is 0 Å². The molecular formula is C11H22S. The van der Waals surface area contributed by atoms with Crippen LogP contribution in [-0.4, -0.2) is 5.25 Å². The third-order valence-electron chi connectivity index (χ3n) is 1.44. The molecule has 0 N–H and O–H groups in total. The average Bonchev–Trinajstić information content (AvgIpc) is 1.83. The van der Waals surface area contributed by atoms with Gasteiger partial charge in [0.15, 0.2) is 0 Å². The maximum absolute atomic E-state index is 2.38. The molecule has 0 radical (unpaired) electrons. The Morgan fingerprint density at radius 1 is 1.00 bits per heavy atom.